The summed E-state index contributed by atoms with van der Waals surface area (Å²) in [6, 6.07) is 1.82. The Morgan fingerprint density at radius 3 is 3.08 bits per heavy atom. The summed E-state index contributed by atoms with van der Waals surface area (Å²) in [4.78, 5) is 13.4. The van der Waals surface area contributed by atoms with E-state index in [-0.39, 0.29) is 12.0 Å². The Kier molecular flexibility index (Phi) is 2.33. The van der Waals surface area contributed by atoms with E-state index in [0.717, 1.165) is 5.56 Å². The molecule has 1 aliphatic heterocycles. The topological polar surface area (TPSA) is 40.5 Å². The van der Waals surface area contributed by atoms with Gasteiger partial charge >= 0.3 is 0 Å². The second kappa shape index (κ2) is 3.47. The molecule has 0 aliphatic carbocycles. The van der Waals surface area contributed by atoms with Crippen molar-refractivity contribution in [2.24, 2.45) is 0 Å². The smallest absolute Gasteiger partial charge is 0.254 e. The number of amides is 1. The molecule has 1 fully saturated rings. The molecule has 13 heavy (non-hydrogen) atoms. The monoisotopic (exact) mass is 197 g/mol. The maximum atomic E-state index is 11.7. The largest absolute Gasteiger partial charge is 0.391 e. The Labute approximate surface area is 80.6 Å². The van der Waals surface area contributed by atoms with Crippen molar-refractivity contribution in [3.63, 3.8) is 0 Å². The Morgan fingerprint density at radius 2 is 2.54 bits per heavy atom. The number of likely N-dealkylation sites (tertiary alicyclic amines) is 1. The first-order valence-corrected chi connectivity index (χ1v) is 5.21. The molecule has 1 aliphatic rings. The summed E-state index contributed by atoms with van der Waals surface area (Å²) < 4.78 is 0. The lowest BCUT2D eigenvalue weighted by Crippen LogP contribution is -2.29. The SMILES string of the molecule is O=C(c1ccsc1)N1CCC(O)C1. The van der Waals surface area contributed by atoms with Gasteiger partial charge in [0.1, 0.15) is 0 Å². The third-order valence-electron chi connectivity index (χ3n) is 2.22. The van der Waals surface area contributed by atoms with E-state index in [1.165, 1.54) is 11.3 Å². The van der Waals surface area contributed by atoms with Gasteiger partial charge in [-0.05, 0) is 17.9 Å². The van der Waals surface area contributed by atoms with Gasteiger partial charge in [0.25, 0.3) is 5.91 Å². The van der Waals surface area contributed by atoms with Crippen LogP contribution in [-0.2, 0) is 0 Å². The highest BCUT2D eigenvalue weighted by molar-refractivity contribution is 7.08. The van der Waals surface area contributed by atoms with E-state index < -0.39 is 0 Å². The molecule has 3 nitrogen and oxygen atoms in total. The Balaban J connectivity index is 2.06. The van der Waals surface area contributed by atoms with Crippen molar-refractivity contribution in [2.45, 2.75) is 12.5 Å². The molecule has 0 aromatic carbocycles. The number of rotatable bonds is 1. The predicted molar refractivity (Wildman–Crippen MR) is 50.8 cm³/mol. The Hall–Kier alpha value is -0.870. The van der Waals surface area contributed by atoms with Crippen molar-refractivity contribution in [1.29, 1.82) is 0 Å². The number of thiophene rings is 1. The maximum Gasteiger partial charge on any atom is 0.254 e. The quantitative estimate of drug-likeness (QED) is 0.728. The molecular weight excluding hydrogens is 186 g/mol. The van der Waals surface area contributed by atoms with Gasteiger partial charge < -0.3 is 10.0 Å². The normalized spacial score (nSPS) is 22.2. The Morgan fingerprint density at radius 1 is 1.69 bits per heavy atom. The van der Waals surface area contributed by atoms with Gasteiger partial charge in [-0.1, -0.05) is 0 Å². The summed E-state index contributed by atoms with van der Waals surface area (Å²) >= 11 is 1.52. The molecule has 0 spiro atoms. The molecule has 1 aromatic rings. The molecular formula is C9H11NO2S. The summed E-state index contributed by atoms with van der Waals surface area (Å²) in [5, 5.41) is 13.0. The third-order valence-corrected chi connectivity index (χ3v) is 2.90. The van der Waals surface area contributed by atoms with Gasteiger partial charge in [-0.3, -0.25) is 4.79 Å². The summed E-state index contributed by atoms with van der Waals surface area (Å²) in [6.45, 7) is 1.16. The molecule has 1 amide bonds. The molecule has 4 heteroatoms. The highest BCUT2D eigenvalue weighted by Crippen LogP contribution is 2.15. The minimum atomic E-state index is -0.331. The molecule has 1 saturated heterocycles. The molecule has 0 bridgehead atoms. The van der Waals surface area contributed by atoms with Crippen LogP contribution in [0, 0.1) is 0 Å². The molecule has 1 atom stereocenters. The van der Waals surface area contributed by atoms with E-state index in [0.29, 0.717) is 19.5 Å². The fourth-order valence-corrected chi connectivity index (χ4v) is 2.12. The Bertz CT molecular complexity index is 297. The number of aliphatic hydroxyl groups excluding tert-OH is 1. The summed E-state index contributed by atoms with van der Waals surface area (Å²) in [5.74, 6) is 0.0396. The maximum absolute atomic E-state index is 11.7. The van der Waals surface area contributed by atoms with Crippen LogP contribution in [0.25, 0.3) is 0 Å². The zero-order valence-corrected chi connectivity index (χ0v) is 7.96. The van der Waals surface area contributed by atoms with Crippen molar-refractivity contribution < 1.29 is 9.90 Å². The van der Waals surface area contributed by atoms with Crippen molar-refractivity contribution in [3.05, 3.63) is 22.4 Å². The number of aliphatic hydroxyl groups is 1. The van der Waals surface area contributed by atoms with Gasteiger partial charge in [-0.25, -0.2) is 0 Å². The second-order valence-corrected chi connectivity index (χ2v) is 3.99. The van der Waals surface area contributed by atoms with Gasteiger partial charge in [-0.2, -0.15) is 11.3 Å². The number of carbonyl (C=O) groups is 1. The van der Waals surface area contributed by atoms with Crippen molar-refractivity contribution in [1.82, 2.24) is 4.90 Å². The van der Waals surface area contributed by atoms with Crippen LogP contribution in [0.15, 0.2) is 16.8 Å². The molecule has 2 rings (SSSR count). The van der Waals surface area contributed by atoms with Gasteiger partial charge in [0, 0.05) is 18.5 Å². The molecule has 2 heterocycles. The standard InChI is InChI=1S/C9H11NO2S/c11-8-1-3-10(5-8)9(12)7-2-4-13-6-7/h2,4,6,8,11H,1,3,5H2. The van der Waals surface area contributed by atoms with Crippen LogP contribution in [0.5, 0.6) is 0 Å². The molecule has 70 valence electrons. The summed E-state index contributed by atoms with van der Waals surface area (Å²) in [6.07, 6.45) is 0.373. The van der Waals surface area contributed by atoms with Crippen LogP contribution >= 0.6 is 11.3 Å². The highest BCUT2D eigenvalue weighted by Gasteiger charge is 2.25. The second-order valence-electron chi connectivity index (χ2n) is 3.21. The lowest BCUT2D eigenvalue weighted by atomic mass is 10.3. The minimum Gasteiger partial charge on any atom is -0.391 e. The summed E-state index contributed by atoms with van der Waals surface area (Å²) in [5.41, 5.74) is 0.735. The van der Waals surface area contributed by atoms with Crippen LogP contribution in [0.1, 0.15) is 16.8 Å². The zero-order valence-electron chi connectivity index (χ0n) is 7.14. The lowest BCUT2D eigenvalue weighted by molar-refractivity contribution is 0.0765. The van der Waals surface area contributed by atoms with E-state index in [9.17, 15) is 9.90 Å². The van der Waals surface area contributed by atoms with E-state index in [2.05, 4.69) is 0 Å². The van der Waals surface area contributed by atoms with Gasteiger partial charge in [0.2, 0.25) is 0 Å². The first kappa shape index (κ1) is 8.72. The number of β-amino-alcohol motifs (C(OH)–C–C–N with tert-alkyl or cyclic N) is 1. The fraction of sp³-hybridized carbons (Fsp3) is 0.444. The first-order chi connectivity index (χ1) is 6.27. The number of carbonyl (C=O) groups excluding carboxylic acids is 1. The first-order valence-electron chi connectivity index (χ1n) is 4.27. The van der Waals surface area contributed by atoms with Crippen LogP contribution in [0.4, 0.5) is 0 Å². The third kappa shape index (κ3) is 1.73. The fourth-order valence-electron chi connectivity index (χ4n) is 1.50. The lowest BCUT2D eigenvalue weighted by Gasteiger charge is -2.13. The number of hydrogen-bond donors (Lipinski definition) is 1. The van der Waals surface area contributed by atoms with Gasteiger partial charge in [-0.15, -0.1) is 0 Å². The molecule has 0 saturated carbocycles. The average molecular weight is 197 g/mol. The van der Waals surface area contributed by atoms with Crippen LogP contribution in [0.3, 0.4) is 0 Å². The van der Waals surface area contributed by atoms with Crippen molar-refractivity contribution >= 4 is 17.2 Å². The van der Waals surface area contributed by atoms with Gasteiger partial charge in [0.05, 0.1) is 11.7 Å². The van der Waals surface area contributed by atoms with Crippen LogP contribution < -0.4 is 0 Å². The van der Waals surface area contributed by atoms with E-state index in [4.69, 9.17) is 0 Å². The molecule has 1 unspecified atom stereocenters. The van der Waals surface area contributed by atoms with Crippen molar-refractivity contribution in [3.8, 4) is 0 Å². The van der Waals surface area contributed by atoms with Crippen LogP contribution in [-0.4, -0.2) is 35.1 Å². The summed E-state index contributed by atoms with van der Waals surface area (Å²) in [7, 11) is 0. The van der Waals surface area contributed by atoms with E-state index >= 15 is 0 Å². The zero-order chi connectivity index (χ0) is 9.26. The predicted octanol–water partition coefficient (Wildman–Crippen LogP) is 0.955. The number of hydrogen-bond acceptors (Lipinski definition) is 3. The van der Waals surface area contributed by atoms with Crippen molar-refractivity contribution in [2.75, 3.05) is 13.1 Å². The van der Waals surface area contributed by atoms with E-state index in [1.807, 2.05) is 16.8 Å². The molecule has 0 radical (unpaired) electrons. The highest BCUT2D eigenvalue weighted by atomic mass is 32.1. The number of nitrogens with zero attached hydrogens (tertiary/aromatic N) is 1. The minimum absolute atomic E-state index is 0.0396. The molecule has 1 aromatic heterocycles. The van der Waals surface area contributed by atoms with E-state index in [1.54, 1.807) is 4.90 Å². The average Bonchev–Trinajstić information content (AvgIpc) is 2.72. The van der Waals surface area contributed by atoms with Crippen LogP contribution in [0.2, 0.25) is 0 Å². The molecule has 1 N–H and O–H groups in total. The van der Waals surface area contributed by atoms with Gasteiger partial charge in [0.15, 0.2) is 0 Å².